The van der Waals surface area contributed by atoms with Crippen molar-refractivity contribution < 1.29 is 9.90 Å². The second kappa shape index (κ2) is 7.94. The van der Waals surface area contributed by atoms with Crippen LogP contribution in [0.5, 0.6) is 0 Å². The van der Waals surface area contributed by atoms with Gasteiger partial charge in [-0.2, -0.15) is 0 Å². The Hall–Kier alpha value is -0.970. The van der Waals surface area contributed by atoms with E-state index in [-0.39, 0.29) is 11.9 Å². The van der Waals surface area contributed by atoms with Crippen molar-refractivity contribution in [2.45, 2.75) is 44.6 Å². The highest BCUT2D eigenvalue weighted by Gasteiger charge is 2.19. The molecule has 0 aliphatic heterocycles. The van der Waals surface area contributed by atoms with Gasteiger partial charge in [-0.15, -0.1) is 0 Å². The lowest BCUT2D eigenvalue weighted by molar-refractivity contribution is 0.0972. The second-order valence-electron chi connectivity index (χ2n) is 6.26. The zero-order chi connectivity index (χ0) is 17.1. The third-order valence-corrected chi connectivity index (χ3v) is 6.15. The summed E-state index contributed by atoms with van der Waals surface area (Å²) in [6.07, 6.45) is 5.58. The van der Waals surface area contributed by atoms with Crippen LogP contribution in [0, 0.1) is 0 Å². The number of hydrogen-bond acceptors (Lipinski definition) is 2. The lowest BCUT2D eigenvalue weighted by atomic mass is 9.90. The molecule has 2 aromatic carbocycles. The van der Waals surface area contributed by atoms with E-state index in [0.717, 1.165) is 52.2 Å². The van der Waals surface area contributed by atoms with Crippen LogP contribution in [-0.4, -0.2) is 10.9 Å². The van der Waals surface area contributed by atoms with Crippen LogP contribution in [0.4, 0.5) is 0 Å². The van der Waals surface area contributed by atoms with Crippen molar-refractivity contribution in [1.29, 1.82) is 0 Å². The molecule has 4 rings (SSSR count). The van der Waals surface area contributed by atoms with E-state index in [1.807, 2.05) is 36.4 Å². The fraction of sp³-hybridized carbons (Fsp3) is 0.350. The molecule has 2 aliphatic carbocycles. The molecule has 0 saturated heterocycles. The first-order valence-corrected chi connectivity index (χ1v) is 9.92. The SMILES string of the molecule is O=C1CCCc2c(Br)cccc21.O[C@H]1CCCc2c(Br)cccc21. The van der Waals surface area contributed by atoms with Crippen LogP contribution in [0.25, 0.3) is 0 Å². The highest BCUT2D eigenvalue weighted by atomic mass is 79.9. The monoisotopic (exact) mass is 450 g/mol. The summed E-state index contributed by atoms with van der Waals surface area (Å²) in [7, 11) is 0. The zero-order valence-corrected chi connectivity index (χ0v) is 16.6. The van der Waals surface area contributed by atoms with Crippen molar-refractivity contribution >= 4 is 37.6 Å². The summed E-state index contributed by atoms with van der Waals surface area (Å²) in [6, 6.07) is 11.9. The summed E-state index contributed by atoms with van der Waals surface area (Å²) in [6.45, 7) is 0. The van der Waals surface area contributed by atoms with Crippen molar-refractivity contribution in [1.82, 2.24) is 0 Å². The van der Waals surface area contributed by atoms with E-state index in [4.69, 9.17) is 0 Å². The molecule has 2 aliphatic rings. The van der Waals surface area contributed by atoms with Gasteiger partial charge < -0.3 is 5.11 Å². The van der Waals surface area contributed by atoms with Crippen LogP contribution in [0.2, 0.25) is 0 Å². The van der Waals surface area contributed by atoms with Gasteiger partial charge in [-0.1, -0.05) is 56.1 Å². The molecule has 0 amide bonds. The molecule has 0 fully saturated rings. The topological polar surface area (TPSA) is 37.3 Å². The molecule has 4 heteroatoms. The third kappa shape index (κ3) is 3.81. The van der Waals surface area contributed by atoms with Crippen molar-refractivity contribution in [3.05, 3.63) is 67.6 Å². The van der Waals surface area contributed by atoms with Gasteiger partial charge in [-0.05, 0) is 60.9 Å². The first kappa shape index (κ1) is 17.8. The Morgan fingerprint density at radius 1 is 0.875 bits per heavy atom. The summed E-state index contributed by atoms with van der Waals surface area (Å²) in [5.74, 6) is 0.289. The number of carbonyl (C=O) groups is 1. The first-order valence-electron chi connectivity index (χ1n) is 8.34. The predicted molar refractivity (Wildman–Crippen MR) is 103 cm³/mol. The number of aliphatic hydroxyl groups excluding tert-OH is 1. The van der Waals surface area contributed by atoms with Gasteiger partial charge in [-0.3, -0.25) is 4.79 Å². The highest BCUT2D eigenvalue weighted by molar-refractivity contribution is 9.10. The molecule has 0 unspecified atom stereocenters. The van der Waals surface area contributed by atoms with Gasteiger partial charge >= 0.3 is 0 Å². The molecule has 2 nitrogen and oxygen atoms in total. The van der Waals surface area contributed by atoms with Gasteiger partial charge in [0.1, 0.15) is 0 Å². The van der Waals surface area contributed by atoms with E-state index in [9.17, 15) is 9.90 Å². The van der Waals surface area contributed by atoms with Crippen LogP contribution in [-0.2, 0) is 12.8 Å². The molecule has 0 radical (unpaired) electrons. The van der Waals surface area contributed by atoms with E-state index in [2.05, 4.69) is 31.9 Å². The minimum atomic E-state index is -0.244. The quantitative estimate of drug-likeness (QED) is 0.550. The number of halogens is 2. The summed E-state index contributed by atoms with van der Waals surface area (Å²) in [5, 5.41) is 9.66. The Balaban J connectivity index is 0.000000141. The molecular formula is C20H20Br2O2. The molecule has 0 heterocycles. The molecule has 0 aromatic heterocycles. The smallest absolute Gasteiger partial charge is 0.163 e. The van der Waals surface area contributed by atoms with Crippen LogP contribution < -0.4 is 0 Å². The summed E-state index contributed by atoms with van der Waals surface area (Å²) in [5.41, 5.74) is 4.50. The molecule has 0 saturated carbocycles. The molecule has 24 heavy (non-hydrogen) atoms. The molecule has 1 atom stereocenters. The lowest BCUT2D eigenvalue weighted by Crippen LogP contribution is -2.10. The minimum Gasteiger partial charge on any atom is -0.388 e. The zero-order valence-electron chi connectivity index (χ0n) is 13.4. The van der Waals surface area contributed by atoms with Crippen molar-refractivity contribution in [2.24, 2.45) is 0 Å². The van der Waals surface area contributed by atoms with Crippen molar-refractivity contribution in [3.8, 4) is 0 Å². The fourth-order valence-electron chi connectivity index (χ4n) is 3.41. The Morgan fingerprint density at radius 3 is 2.25 bits per heavy atom. The Morgan fingerprint density at radius 2 is 1.54 bits per heavy atom. The summed E-state index contributed by atoms with van der Waals surface area (Å²) < 4.78 is 2.21. The average Bonchev–Trinajstić information content (AvgIpc) is 2.58. The number of benzene rings is 2. The normalized spacial score (nSPS) is 19.0. The number of hydrogen-bond donors (Lipinski definition) is 1. The van der Waals surface area contributed by atoms with E-state index in [1.165, 1.54) is 11.1 Å². The Labute approximate surface area is 159 Å². The van der Waals surface area contributed by atoms with Crippen LogP contribution >= 0.6 is 31.9 Å². The number of ketones is 1. The largest absolute Gasteiger partial charge is 0.388 e. The number of aliphatic hydroxyl groups is 1. The molecule has 0 bridgehead atoms. The van der Waals surface area contributed by atoms with Crippen LogP contribution in [0.1, 0.15) is 58.8 Å². The molecule has 126 valence electrons. The lowest BCUT2D eigenvalue weighted by Gasteiger charge is -2.21. The van der Waals surface area contributed by atoms with Gasteiger partial charge in [0, 0.05) is 20.9 Å². The number of fused-ring (bicyclic) bond motifs is 2. The van der Waals surface area contributed by atoms with Gasteiger partial charge in [0.15, 0.2) is 5.78 Å². The minimum absolute atomic E-state index is 0.244. The maximum Gasteiger partial charge on any atom is 0.163 e. The summed E-state index contributed by atoms with van der Waals surface area (Å²) >= 11 is 6.96. The van der Waals surface area contributed by atoms with Gasteiger partial charge in [-0.25, -0.2) is 0 Å². The van der Waals surface area contributed by atoms with Crippen molar-refractivity contribution in [3.63, 3.8) is 0 Å². The highest BCUT2D eigenvalue weighted by Crippen LogP contribution is 2.33. The van der Waals surface area contributed by atoms with E-state index >= 15 is 0 Å². The summed E-state index contributed by atoms with van der Waals surface area (Å²) in [4.78, 5) is 11.4. The third-order valence-electron chi connectivity index (χ3n) is 4.67. The van der Waals surface area contributed by atoms with Crippen LogP contribution in [0.3, 0.4) is 0 Å². The van der Waals surface area contributed by atoms with Crippen LogP contribution in [0.15, 0.2) is 45.3 Å². The maximum absolute atomic E-state index is 11.4. The van der Waals surface area contributed by atoms with Gasteiger partial charge in [0.05, 0.1) is 6.10 Å². The Kier molecular flexibility index (Phi) is 5.90. The predicted octanol–water partition coefficient (Wildman–Crippen LogP) is 5.79. The van der Waals surface area contributed by atoms with E-state index in [0.29, 0.717) is 6.42 Å². The second-order valence-corrected chi connectivity index (χ2v) is 7.97. The standard InChI is InChI=1S/C10H11BrO.C10H9BrO/c2*11-9-5-1-4-8-7(9)3-2-6-10(8)12/h1,4-5,10,12H,2-3,6H2;1,4-5H,2-3,6H2/t10-;/m0./s1. The number of rotatable bonds is 0. The van der Waals surface area contributed by atoms with Crippen molar-refractivity contribution in [2.75, 3.05) is 0 Å². The average molecular weight is 452 g/mol. The van der Waals surface area contributed by atoms with E-state index in [1.54, 1.807) is 0 Å². The van der Waals surface area contributed by atoms with Gasteiger partial charge in [0.25, 0.3) is 0 Å². The maximum atomic E-state index is 11.4. The van der Waals surface area contributed by atoms with Gasteiger partial charge in [0.2, 0.25) is 0 Å². The van der Waals surface area contributed by atoms with E-state index < -0.39 is 0 Å². The number of carbonyl (C=O) groups excluding carboxylic acids is 1. The molecule has 1 N–H and O–H groups in total. The molecular weight excluding hydrogens is 432 g/mol. The fourth-order valence-corrected chi connectivity index (χ4v) is 4.56. The molecule has 0 spiro atoms. The Bertz CT molecular complexity index is 755. The number of Topliss-reactive ketones (excluding diaryl/α,β-unsaturated/α-hetero) is 1. The molecule has 2 aromatic rings. The first-order chi connectivity index (χ1) is 11.6.